The largest absolute Gasteiger partial charge is 0.354 e. The van der Waals surface area contributed by atoms with Gasteiger partial charge in [0.15, 0.2) is 0 Å². The van der Waals surface area contributed by atoms with Crippen molar-refractivity contribution in [3.8, 4) is 6.07 Å². The zero-order chi connectivity index (χ0) is 22.4. The first-order valence-corrected chi connectivity index (χ1v) is 11.1. The van der Waals surface area contributed by atoms with Crippen molar-refractivity contribution in [3.63, 3.8) is 0 Å². The van der Waals surface area contributed by atoms with Crippen LogP contribution in [0.1, 0.15) is 58.2 Å². The Morgan fingerprint density at radius 3 is 2.81 bits per heavy atom. The van der Waals surface area contributed by atoms with Crippen LogP contribution < -0.4 is 15.5 Å². The van der Waals surface area contributed by atoms with E-state index in [4.69, 9.17) is 10.2 Å². The predicted octanol–water partition coefficient (Wildman–Crippen LogP) is 4.18. The molecule has 1 unspecified atom stereocenters. The molecule has 7 nitrogen and oxygen atoms in total. The Morgan fingerprint density at radius 2 is 2.10 bits per heavy atom. The molecule has 3 rings (SSSR count). The second-order valence-electron chi connectivity index (χ2n) is 8.75. The third kappa shape index (κ3) is 5.72. The van der Waals surface area contributed by atoms with E-state index in [0.717, 1.165) is 56.0 Å². The monoisotopic (exact) mass is 420 g/mol. The zero-order valence-corrected chi connectivity index (χ0v) is 18.9. The van der Waals surface area contributed by atoms with E-state index in [-0.39, 0.29) is 17.4 Å². The quantitative estimate of drug-likeness (QED) is 0.665. The Morgan fingerprint density at radius 1 is 1.29 bits per heavy atom. The van der Waals surface area contributed by atoms with Gasteiger partial charge in [0, 0.05) is 42.0 Å². The van der Waals surface area contributed by atoms with Gasteiger partial charge in [-0.1, -0.05) is 40.2 Å². The molecule has 0 aliphatic carbocycles. The lowest BCUT2D eigenvalue weighted by molar-refractivity contribution is -0.130. The topological polar surface area (TPSA) is 93.9 Å². The van der Waals surface area contributed by atoms with Gasteiger partial charge in [-0.05, 0) is 37.5 Å². The molecule has 2 aromatic rings. The molecule has 1 saturated heterocycles. The van der Waals surface area contributed by atoms with Crippen LogP contribution in [0, 0.1) is 16.7 Å². The highest BCUT2D eigenvalue weighted by Gasteiger charge is 2.31. The van der Waals surface area contributed by atoms with E-state index in [2.05, 4.69) is 33.5 Å². The third-order valence-corrected chi connectivity index (χ3v) is 5.87. The van der Waals surface area contributed by atoms with Crippen LogP contribution in [0.2, 0.25) is 0 Å². The van der Waals surface area contributed by atoms with Gasteiger partial charge in [-0.2, -0.15) is 10.2 Å². The van der Waals surface area contributed by atoms with Gasteiger partial charge in [0.2, 0.25) is 11.9 Å². The highest BCUT2D eigenvalue weighted by Crippen LogP contribution is 2.25. The fourth-order valence-corrected chi connectivity index (χ4v) is 3.51. The average molecular weight is 421 g/mol. The minimum absolute atomic E-state index is 0.107. The van der Waals surface area contributed by atoms with Crippen LogP contribution in [-0.2, 0) is 11.2 Å². The molecule has 1 atom stereocenters. The van der Waals surface area contributed by atoms with E-state index in [1.807, 2.05) is 39.0 Å². The van der Waals surface area contributed by atoms with Crippen LogP contribution in [0.15, 0.2) is 30.3 Å². The van der Waals surface area contributed by atoms with Crippen molar-refractivity contribution in [2.45, 2.75) is 59.4 Å². The number of rotatable bonds is 8. The minimum Gasteiger partial charge on any atom is -0.354 e. The summed E-state index contributed by atoms with van der Waals surface area (Å²) in [6.07, 6.45) is 3.56. The first kappa shape index (κ1) is 22.5. The lowest BCUT2D eigenvalue weighted by atomic mass is 9.89. The first-order valence-electron chi connectivity index (χ1n) is 11.1. The number of anilines is 3. The smallest absolute Gasteiger partial charge is 0.229 e. The summed E-state index contributed by atoms with van der Waals surface area (Å²) in [7, 11) is 0. The van der Waals surface area contributed by atoms with Crippen molar-refractivity contribution >= 4 is 23.4 Å². The summed E-state index contributed by atoms with van der Waals surface area (Å²) in [4.78, 5) is 24.2. The lowest BCUT2D eigenvalue weighted by Crippen LogP contribution is -2.44. The lowest BCUT2D eigenvalue weighted by Gasteiger charge is -2.25. The number of benzene rings is 1. The summed E-state index contributed by atoms with van der Waals surface area (Å²) in [5, 5.41) is 15.6. The van der Waals surface area contributed by atoms with E-state index in [1.165, 1.54) is 0 Å². The molecule has 1 aliphatic rings. The molecule has 1 amide bonds. The standard InChI is InChI=1S/C24H32N6O/c1-5-8-18-14-21(29-23(27-18)28-19-10-7-9-17(13-19)15-25)30-12-11-20(16-30)26-22(31)24(3,4)6-2/h7,9-10,13-14,20H,5-6,8,11-12,16H2,1-4H3,(H,26,31)(H,27,28,29). The van der Waals surface area contributed by atoms with Gasteiger partial charge >= 0.3 is 0 Å². The summed E-state index contributed by atoms with van der Waals surface area (Å²) in [6.45, 7) is 9.70. The van der Waals surface area contributed by atoms with Gasteiger partial charge in [-0.3, -0.25) is 4.79 Å². The van der Waals surface area contributed by atoms with Crippen molar-refractivity contribution in [2.75, 3.05) is 23.3 Å². The minimum atomic E-state index is -0.355. The number of hydrogen-bond acceptors (Lipinski definition) is 6. The number of amides is 1. The molecule has 0 bridgehead atoms. The highest BCUT2D eigenvalue weighted by atomic mass is 16.2. The number of aromatic nitrogens is 2. The number of aryl methyl sites for hydroxylation is 1. The van der Waals surface area contributed by atoms with Gasteiger partial charge < -0.3 is 15.5 Å². The number of nitrogens with one attached hydrogen (secondary N) is 2. The van der Waals surface area contributed by atoms with Crippen LogP contribution in [0.3, 0.4) is 0 Å². The molecular formula is C24H32N6O. The molecule has 2 heterocycles. The van der Waals surface area contributed by atoms with Gasteiger partial charge in [-0.25, -0.2) is 4.98 Å². The van der Waals surface area contributed by atoms with Gasteiger partial charge in [-0.15, -0.1) is 0 Å². The number of carbonyl (C=O) groups excluding carboxylic acids is 1. The summed E-state index contributed by atoms with van der Waals surface area (Å²) in [5.74, 6) is 1.50. The predicted molar refractivity (Wildman–Crippen MR) is 123 cm³/mol. The van der Waals surface area contributed by atoms with Crippen molar-refractivity contribution in [1.29, 1.82) is 5.26 Å². The molecule has 31 heavy (non-hydrogen) atoms. The first-order chi connectivity index (χ1) is 14.8. The second-order valence-corrected chi connectivity index (χ2v) is 8.75. The van der Waals surface area contributed by atoms with E-state index in [0.29, 0.717) is 11.5 Å². The Kier molecular flexibility index (Phi) is 7.11. The van der Waals surface area contributed by atoms with Crippen molar-refractivity contribution < 1.29 is 4.79 Å². The number of nitriles is 1. The Bertz CT molecular complexity index is 965. The summed E-state index contributed by atoms with van der Waals surface area (Å²) in [5.41, 5.74) is 1.99. The van der Waals surface area contributed by atoms with Crippen LogP contribution in [0.5, 0.6) is 0 Å². The van der Waals surface area contributed by atoms with E-state index < -0.39 is 0 Å². The average Bonchev–Trinajstić information content (AvgIpc) is 3.22. The fraction of sp³-hybridized carbons (Fsp3) is 0.500. The molecule has 1 fully saturated rings. The molecule has 0 radical (unpaired) electrons. The summed E-state index contributed by atoms with van der Waals surface area (Å²) >= 11 is 0. The Labute approximate surface area is 184 Å². The summed E-state index contributed by atoms with van der Waals surface area (Å²) < 4.78 is 0. The maximum Gasteiger partial charge on any atom is 0.229 e. The van der Waals surface area contributed by atoms with Gasteiger partial charge in [0.25, 0.3) is 0 Å². The van der Waals surface area contributed by atoms with Crippen molar-refractivity contribution in [3.05, 3.63) is 41.6 Å². The molecule has 1 aliphatic heterocycles. The second kappa shape index (κ2) is 9.78. The maximum absolute atomic E-state index is 12.6. The van der Waals surface area contributed by atoms with Crippen LogP contribution in [0.25, 0.3) is 0 Å². The number of nitrogens with zero attached hydrogens (tertiary/aromatic N) is 4. The third-order valence-electron chi connectivity index (χ3n) is 5.87. The normalized spacial score (nSPS) is 16.1. The molecule has 0 spiro atoms. The van der Waals surface area contributed by atoms with E-state index >= 15 is 0 Å². The maximum atomic E-state index is 12.6. The van der Waals surface area contributed by atoms with Crippen LogP contribution in [-0.4, -0.2) is 35.0 Å². The van der Waals surface area contributed by atoms with E-state index in [1.54, 1.807) is 12.1 Å². The number of hydrogen-bond donors (Lipinski definition) is 2. The molecule has 2 N–H and O–H groups in total. The van der Waals surface area contributed by atoms with Gasteiger partial charge in [0.1, 0.15) is 5.82 Å². The molecule has 1 aromatic heterocycles. The van der Waals surface area contributed by atoms with Crippen molar-refractivity contribution in [1.82, 2.24) is 15.3 Å². The molecular weight excluding hydrogens is 388 g/mol. The van der Waals surface area contributed by atoms with E-state index in [9.17, 15) is 4.79 Å². The SMILES string of the molecule is CCCc1cc(N2CCC(NC(=O)C(C)(C)CC)C2)nc(Nc2cccc(C#N)c2)n1. The van der Waals surface area contributed by atoms with Crippen LogP contribution >= 0.6 is 0 Å². The molecule has 0 saturated carbocycles. The van der Waals surface area contributed by atoms with Crippen LogP contribution in [0.4, 0.5) is 17.5 Å². The highest BCUT2D eigenvalue weighted by molar-refractivity contribution is 5.82. The fourth-order valence-electron chi connectivity index (χ4n) is 3.51. The molecule has 1 aromatic carbocycles. The Balaban J connectivity index is 1.76. The Hall–Kier alpha value is -3.14. The molecule has 164 valence electrons. The molecule has 7 heteroatoms. The van der Waals surface area contributed by atoms with Gasteiger partial charge in [0.05, 0.1) is 11.6 Å². The van der Waals surface area contributed by atoms with Crippen molar-refractivity contribution in [2.24, 2.45) is 5.41 Å². The number of carbonyl (C=O) groups is 1. The zero-order valence-electron chi connectivity index (χ0n) is 18.9. The summed E-state index contributed by atoms with van der Waals surface area (Å²) in [6, 6.07) is 11.6.